The molecule has 1 N–H and O–H groups in total. The molecule has 0 aliphatic carbocycles. The third-order valence-electron chi connectivity index (χ3n) is 3.88. The lowest BCUT2D eigenvalue weighted by molar-refractivity contribution is 0.0240. The number of carbonyl (C=O) groups is 1. The molecule has 0 unspecified atom stereocenters. The van der Waals surface area contributed by atoms with Crippen LogP contribution >= 0.6 is 0 Å². The molecular weight excluding hydrogens is 312 g/mol. The van der Waals surface area contributed by atoms with E-state index in [4.69, 9.17) is 14.2 Å². The van der Waals surface area contributed by atoms with Gasteiger partial charge in [-0.25, -0.2) is 4.79 Å². The summed E-state index contributed by atoms with van der Waals surface area (Å²) in [6.07, 6.45) is -0.292. The smallest absolute Gasteiger partial charge is 0.410 e. The molecule has 2 aliphatic heterocycles. The fourth-order valence-corrected chi connectivity index (χ4v) is 2.81. The van der Waals surface area contributed by atoms with Gasteiger partial charge in [0.2, 0.25) is 0 Å². The molecule has 1 amide bonds. The van der Waals surface area contributed by atoms with E-state index in [-0.39, 0.29) is 11.8 Å². The van der Waals surface area contributed by atoms with E-state index in [1.807, 2.05) is 20.8 Å². The number of ether oxygens (including phenoxy) is 3. The van der Waals surface area contributed by atoms with Gasteiger partial charge in [0.15, 0.2) is 11.5 Å². The first-order chi connectivity index (χ1) is 11.3. The number of anilines is 1. The lowest BCUT2D eigenvalue weighted by Crippen LogP contribution is -2.50. The van der Waals surface area contributed by atoms with Crippen LogP contribution in [0.2, 0.25) is 0 Å². The summed E-state index contributed by atoms with van der Waals surface area (Å²) in [6.45, 7) is 8.93. The lowest BCUT2D eigenvalue weighted by atomic mass is 10.2. The van der Waals surface area contributed by atoms with Gasteiger partial charge in [-0.2, -0.15) is 0 Å². The molecule has 0 saturated carbocycles. The number of piperazine rings is 1. The first-order valence-electron chi connectivity index (χ1n) is 8.19. The maximum absolute atomic E-state index is 12.1. The molecule has 0 bridgehead atoms. The number of carbonyl (C=O) groups excluding carboxylic acids is 1. The first-order valence-corrected chi connectivity index (χ1v) is 8.19. The summed E-state index contributed by atoms with van der Waals surface area (Å²) in [5, 5.41) is 9.92. The summed E-state index contributed by atoms with van der Waals surface area (Å²) in [5.74, 6) is 1.36. The van der Waals surface area contributed by atoms with Crippen LogP contribution in [-0.4, -0.2) is 61.1 Å². The monoisotopic (exact) mass is 336 g/mol. The zero-order valence-electron chi connectivity index (χ0n) is 14.4. The van der Waals surface area contributed by atoms with Crippen LogP contribution in [0, 0.1) is 0 Å². The molecule has 7 nitrogen and oxygen atoms in total. The van der Waals surface area contributed by atoms with Crippen LogP contribution in [-0.2, 0) is 4.74 Å². The van der Waals surface area contributed by atoms with Gasteiger partial charge in [0.25, 0.3) is 0 Å². The molecule has 3 rings (SSSR count). The summed E-state index contributed by atoms with van der Waals surface area (Å²) < 4.78 is 16.7. The normalized spacial score (nSPS) is 17.6. The molecule has 1 fully saturated rings. The molecule has 0 radical (unpaired) electrons. The fourth-order valence-electron chi connectivity index (χ4n) is 2.81. The molecule has 1 aromatic rings. The molecule has 132 valence electrons. The van der Waals surface area contributed by atoms with Crippen molar-refractivity contribution in [1.82, 2.24) is 4.90 Å². The lowest BCUT2D eigenvalue weighted by Gasteiger charge is -2.37. The van der Waals surface area contributed by atoms with Crippen LogP contribution in [0.5, 0.6) is 17.2 Å². The van der Waals surface area contributed by atoms with Gasteiger partial charge in [-0.15, -0.1) is 0 Å². The summed E-state index contributed by atoms with van der Waals surface area (Å²) in [6, 6.07) is 3.24. The van der Waals surface area contributed by atoms with Gasteiger partial charge in [-0.05, 0) is 20.8 Å². The Hall–Kier alpha value is -2.31. The van der Waals surface area contributed by atoms with Crippen molar-refractivity contribution in [2.45, 2.75) is 26.4 Å². The molecule has 2 heterocycles. The SMILES string of the molecule is CC(C)(C)OC(=O)N1CCN(c2cc(O)cc3c2OCCO3)CC1. The number of hydrogen-bond acceptors (Lipinski definition) is 6. The number of benzene rings is 1. The highest BCUT2D eigenvalue weighted by molar-refractivity contribution is 5.71. The topological polar surface area (TPSA) is 71.5 Å². The number of nitrogens with zero attached hydrogens (tertiary/aromatic N) is 2. The Kier molecular flexibility index (Phi) is 4.34. The van der Waals surface area contributed by atoms with E-state index in [1.54, 1.807) is 17.0 Å². The van der Waals surface area contributed by atoms with E-state index < -0.39 is 5.60 Å². The van der Waals surface area contributed by atoms with Gasteiger partial charge in [0.05, 0.1) is 5.69 Å². The Bertz CT molecular complexity index is 618. The summed E-state index contributed by atoms with van der Waals surface area (Å²) in [5.41, 5.74) is 0.303. The zero-order valence-corrected chi connectivity index (χ0v) is 14.4. The van der Waals surface area contributed by atoms with Gasteiger partial charge >= 0.3 is 6.09 Å². The zero-order chi connectivity index (χ0) is 17.3. The molecule has 1 saturated heterocycles. The van der Waals surface area contributed by atoms with Crippen molar-refractivity contribution >= 4 is 11.8 Å². The summed E-state index contributed by atoms with van der Waals surface area (Å²) in [4.78, 5) is 15.9. The Morgan fingerprint density at radius 2 is 1.79 bits per heavy atom. The van der Waals surface area contributed by atoms with Crippen molar-refractivity contribution in [3.05, 3.63) is 12.1 Å². The Balaban J connectivity index is 1.69. The predicted molar refractivity (Wildman–Crippen MR) is 89.1 cm³/mol. The van der Waals surface area contributed by atoms with Gasteiger partial charge in [0.1, 0.15) is 24.6 Å². The number of phenolic OH excluding ortho intramolecular Hbond substituents is 1. The van der Waals surface area contributed by atoms with E-state index in [0.717, 1.165) is 5.69 Å². The first kappa shape index (κ1) is 16.5. The second kappa shape index (κ2) is 6.30. The Morgan fingerprint density at radius 1 is 1.12 bits per heavy atom. The van der Waals surface area contributed by atoms with Crippen molar-refractivity contribution in [3.63, 3.8) is 0 Å². The third kappa shape index (κ3) is 3.60. The van der Waals surface area contributed by atoms with Crippen molar-refractivity contribution in [2.75, 3.05) is 44.3 Å². The van der Waals surface area contributed by atoms with Crippen LogP contribution in [0.15, 0.2) is 12.1 Å². The number of rotatable bonds is 1. The number of aromatic hydroxyl groups is 1. The predicted octanol–water partition coefficient (Wildman–Crippen LogP) is 2.22. The average Bonchev–Trinajstić information content (AvgIpc) is 2.52. The highest BCUT2D eigenvalue weighted by Crippen LogP contribution is 2.43. The largest absolute Gasteiger partial charge is 0.508 e. The molecular formula is C17H24N2O5. The second-order valence-electron chi connectivity index (χ2n) is 6.94. The van der Waals surface area contributed by atoms with Crippen LogP contribution in [0.4, 0.5) is 10.5 Å². The number of fused-ring (bicyclic) bond motifs is 1. The van der Waals surface area contributed by atoms with E-state index in [2.05, 4.69) is 4.90 Å². The quantitative estimate of drug-likeness (QED) is 0.848. The standard InChI is InChI=1S/C17H24N2O5/c1-17(2,3)24-16(21)19-6-4-18(5-7-19)13-10-12(20)11-14-15(13)23-9-8-22-14/h10-11,20H,4-9H2,1-3H3. The van der Waals surface area contributed by atoms with Crippen molar-refractivity contribution in [1.29, 1.82) is 0 Å². The van der Waals surface area contributed by atoms with Crippen LogP contribution in [0.1, 0.15) is 20.8 Å². The average molecular weight is 336 g/mol. The molecule has 7 heteroatoms. The maximum atomic E-state index is 12.1. The molecule has 0 aromatic heterocycles. The van der Waals surface area contributed by atoms with Gasteiger partial charge in [-0.1, -0.05) is 0 Å². The second-order valence-corrected chi connectivity index (χ2v) is 6.94. The van der Waals surface area contributed by atoms with Gasteiger partial charge in [0, 0.05) is 38.3 Å². The van der Waals surface area contributed by atoms with Crippen LogP contribution in [0.25, 0.3) is 0 Å². The van der Waals surface area contributed by atoms with Crippen LogP contribution in [0.3, 0.4) is 0 Å². The number of hydrogen-bond donors (Lipinski definition) is 1. The minimum atomic E-state index is -0.496. The van der Waals surface area contributed by atoms with E-state index >= 15 is 0 Å². The van der Waals surface area contributed by atoms with E-state index in [9.17, 15) is 9.90 Å². The third-order valence-corrected chi connectivity index (χ3v) is 3.88. The Labute approximate surface area is 141 Å². The summed E-state index contributed by atoms with van der Waals surface area (Å²) >= 11 is 0. The Morgan fingerprint density at radius 3 is 2.46 bits per heavy atom. The highest BCUT2D eigenvalue weighted by Gasteiger charge is 2.28. The fraction of sp³-hybridized carbons (Fsp3) is 0.588. The summed E-state index contributed by atoms with van der Waals surface area (Å²) in [7, 11) is 0. The van der Waals surface area contributed by atoms with Crippen molar-refractivity contribution in [3.8, 4) is 17.2 Å². The van der Waals surface area contributed by atoms with Crippen molar-refractivity contribution < 1.29 is 24.1 Å². The number of amides is 1. The van der Waals surface area contributed by atoms with Crippen molar-refractivity contribution in [2.24, 2.45) is 0 Å². The molecule has 2 aliphatic rings. The van der Waals surface area contributed by atoms with Gasteiger partial charge in [-0.3, -0.25) is 0 Å². The molecule has 24 heavy (non-hydrogen) atoms. The molecule has 1 aromatic carbocycles. The highest BCUT2D eigenvalue weighted by atomic mass is 16.6. The molecule has 0 spiro atoms. The maximum Gasteiger partial charge on any atom is 0.410 e. The minimum Gasteiger partial charge on any atom is -0.508 e. The van der Waals surface area contributed by atoms with Crippen LogP contribution < -0.4 is 14.4 Å². The minimum absolute atomic E-state index is 0.142. The van der Waals surface area contributed by atoms with E-state index in [1.165, 1.54) is 0 Å². The van der Waals surface area contributed by atoms with E-state index in [0.29, 0.717) is 50.9 Å². The number of phenols is 1. The van der Waals surface area contributed by atoms with Gasteiger partial charge < -0.3 is 29.1 Å². The molecule has 0 atom stereocenters.